The highest BCUT2D eigenvalue weighted by Gasteiger charge is 2.31. The summed E-state index contributed by atoms with van der Waals surface area (Å²) in [5, 5.41) is 1.06. The number of hydrogen-bond donors (Lipinski definition) is 0. The molecule has 0 N–H and O–H groups in total. The number of halogens is 2. The minimum Gasteiger partial charge on any atom is -0.497 e. The highest BCUT2D eigenvalue weighted by atomic mass is 35.5. The third-order valence-electron chi connectivity index (χ3n) is 3.91. The van der Waals surface area contributed by atoms with Gasteiger partial charge < -0.3 is 4.74 Å². The lowest BCUT2D eigenvalue weighted by Crippen LogP contribution is -2.30. The van der Waals surface area contributed by atoms with Crippen LogP contribution < -0.4 is 4.74 Å². The second-order valence-corrected chi connectivity index (χ2v) is 8.12. The van der Waals surface area contributed by atoms with Crippen LogP contribution in [0.4, 0.5) is 0 Å². The molecule has 0 bridgehead atoms. The third-order valence-corrected chi connectivity index (χ3v) is 5.85. The van der Waals surface area contributed by atoms with E-state index in [1.807, 2.05) is 24.3 Å². The first-order valence-electron chi connectivity index (χ1n) is 7.81. The van der Waals surface area contributed by atoms with E-state index in [0.717, 1.165) is 16.9 Å². The molecule has 26 heavy (non-hydrogen) atoms. The van der Waals surface area contributed by atoms with E-state index >= 15 is 0 Å². The van der Waals surface area contributed by atoms with Crippen molar-refractivity contribution in [1.82, 2.24) is 4.90 Å². The molecule has 1 aliphatic heterocycles. The highest BCUT2D eigenvalue weighted by molar-refractivity contribution is 8.26. The Morgan fingerprint density at radius 1 is 1.19 bits per heavy atom. The first kappa shape index (κ1) is 19.2. The molecule has 1 amide bonds. The number of nitrogens with zero attached hydrogens (tertiary/aromatic N) is 1. The maximum Gasteiger partial charge on any atom is 0.266 e. The van der Waals surface area contributed by atoms with E-state index in [0.29, 0.717) is 32.2 Å². The molecule has 2 aromatic carbocycles. The van der Waals surface area contributed by atoms with Gasteiger partial charge in [-0.15, -0.1) is 0 Å². The van der Waals surface area contributed by atoms with E-state index in [-0.39, 0.29) is 5.91 Å². The quantitative estimate of drug-likeness (QED) is 0.472. The summed E-state index contributed by atoms with van der Waals surface area (Å²) in [6.07, 6.45) is 2.47. The van der Waals surface area contributed by atoms with Gasteiger partial charge in [-0.05, 0) is 47.9 Å². The first-order valence-corrected chi connectivity index (χ1v) is 9.79. The molecule has 0 unspecified atom stereocenters. The van der Waals surface area contributed by atoms with Gasteiger partial charge in [0, 0.05) is 16.6 Å². The minimum atomic E-state index is -0.0977. The van der Waals surface area contributed by atoms with Crippen molar-refractivity contribution in [3.8, 4) is 5.75 Å². The molecule has 134 valence electrons. The summed E-state index contributed by atoms with van der Waals surface area (Å²) in [5.74, 6) is 0.710. The molecule has 0 aliphatic carbocycles. The SMILES string of the molecule is COc1ccc(CCN2C(=O)/C(=C/c3ccc(Cl)cc3Cl)SC2=S)cc1. The van der Waals surface area contributed by atoms with Gasteiger partial charge in [-0.2, -0.15) is 0 Å². The molecule has 2 aromatic rings. The third kappa shape index (κ3) is 4.41. The Kier molecular flexibility index (Phi) is 6.24. The van der Waals surface area contributed by atoms with Gasteiger partial charge in [0.15, 0.2) is 0 Å². The molecule has 1 fully saturated rings. The zero-order chi connectivity index (χ0) is 18.7. The van der Waals surface area contributed by atoms with Gasteiger partial charge in [0.25, 0.3) is 5.91 Å². The fraction of sp³-hybridized carbons (Fsp3) is 0.158. The molecular formula is C19H15Cl2NO2S2. The van der Waals surface area contributed by atoms with E-state index in [1.54, 1.807) is 36.3 Å². The van der Waals surface area contributed by atoms with Crippen molar-refractivity contribution in [3.63, 3.8) is 0 Å². The molecule has 0 spiro atoms. The van der Waals surface area contributed by atoms with Crippen molar-refractivity contribution >= 4 is 63.5 Å². The number of benzene rings is 2. The van der Waals surface area contributed by atoms with E-state index in [2.05, 4.69) is 0 Å². The van der Waals surface area contributed by atoms with Gasteiger partial charge in [0.2, 0.25) is 0 Å². The number of methoxy groups -OCH3 is 1. The Morgan fingerprint density at radius 3 is 2.58 bits per heavy atom. The second kappa shape index (κ2) is 8.44. The molecule has 1 saturated heterocycles. The fourth-order valence-electron chi connectivity index (χ4n) is 2.49. The van der Waals surface area contributed by atoms with Gasteiger partial charge in [-0.3, -0.25) is 9.69 Å². The molecule has 0 atom stereocenters. The molecule has 0 saturated carbocycles. The number of thiocarbonyl (C=S) groups is 1. The molecular weight excluding hydrogens is 409 g/mol. The van der Waals surface area contributed by atoms with Crippen LogP contribution in [0.15, 0.2) is 47.4 Å². The van der Waals surface area contributed by atoms with Crippen molar-refractivity contribution in [1.29, 1.82) is 0 Å². The lowest BCUT2D eigenvalue weighted by molar-refractivity contribution is -0.122. The summed E-state index contributed by atoms with van der Waals surface area (Å²) >= 11 is 18.8. The number of carbonyl (C=O) groups excluding carboxylic acids is 1. The number of thioether (sulfide) groups is 1. The maximum atomic E-state index is 12.7. The van der Waals surface area contributed by atoms with E-state index in [1.165, 1.54) is 11.8 Å². The van der Waals surface area contributed by atoms with E-state index in [4.69, 9.17) is 40.2 Å². The van der Waals surface area contributed by atoms with Crippen molar-refractivity contribution in [3.05, 3.63) is 68.5 Å². The Morgan fingerprint density at radius 2 is 1.92 bits per heavy atom. The summed E-state index contributed by atoms with van der Waals surface area (Å²) in [5.41, 5.74) is 1.86. The second-order valence-electron chi connectivity index (χ2n) is 5.60. The number of hydrogen-bond acceptors (Lipinski definition) is 4. The standard InChI is InChI=1S/C19H15Cl2NO2S2/c1-24-15-6-2-12(3-7-15)8-9-22-18(23)17(26-19(22)25)10-13-4-5-14(20)11-16(13)21/h2-7,10-11H,8-9H2,1H3/b17-10-. The average molecular weight is 424 g/mol. The largest absolute Gasteiger partial charge is 0.497 e. The van der Waals surface area contributed by atoms with Crippen LogP contribution >= 0.6 is 47.2 Å². The maximum absolute atomic E-state index is 12.7. The van der Waals surface area contributed by atoms with Crippen molar-refractivity contribution in [2.45, 2.75) is 6.42 Å². The smallest absolute Gasteiger partial charge is 0.266 e. The van der Waals surface area contributed by atoms with Crippen molar-refractivity contribution in [2.24, 2.45) is 0 Å². The van der Waals surface area contributed by atoms with Crippen LogP contribution in [0.1, 0.15) is 11.1 Å². The molecule has 1 heterocycles. The van der Waals surface area contributed by atoms with Crippen molar-refractivity contribution < 1.29 is 9.53 Å². The Bertz CT molecular complexity index is 882. The highest BCUT2D eigenvalue weighted by Crippen LogP contribution is 2.34. The van der Waals surface area contributed by atoms with Gasteiger partial charge in [-0.25, -0.2) is 0 Å². The van der Waals surface area contributed by atoms with Crippen LogP contribution in [-0.2, 0) is 11.2 Å². The lowest BCUT2D eigenvalue weighted by Gasteiger charge is -2.14. The number of rotatable bonds is 5. The van der Waals surface area contributed by atoms with Gasteiger partial charge in [-0.1, -0.05) is 65.4 Å². The van der Waals surface area contributed by atoms with Crippen molar-refractivity contribution in [2.75, 3.05) is 13.7 Å². The molecule has 7 heteroatoms. The van der Waals surface area contributed by atoms with Crippen LogP contribution in [-0.4, -0.2) is 28.8 Å². The molecule has 3 rings (SSSR count). The Balaban J connectivity index is 1.70. The molecule has 3 nitrogen and oxygen atoms in total. The Hall–Kier alpha value is -1.53. The van der Waals surface area contributed by atoms with E-state index < -0.39 is 0 Å². The molecule has 0 radical (unpaired) electrons. The normalized spacial score (nSPS) is 15.8. The monoisotopic (exact) mass is 423 g/mol. The minimum absolute atomic E-state index is 0.0977. The van der Waals surface area contributed by atoms with Crippen LogP contribution in [0.5, 0.6) is 5.75 Å². The molecule has 0 aromatic heterocycles. The summed E-state index contributed by atoms with van der Waals surface area (Å²) in [7, 11) is 1.63. The summed E-state index contributed by atoms with van der Waals surface area (Å²) in [6.45, 7) is 0.530. The zero-order valence-electron chi connectivity index (χ0n) is 13.9. The number of amides is 1. The van der Waals surface area contributed by atoms with Gasteiger partial charge in [0.05, 0.1) is 12.0 Å². The predicted molar refractivity (Wildman–Crippen MR) is 113 cm³/mol. The predicted octanol–water partition coefficient (Wildman–Crippen LogP) is 5.45. The summed E-state index contributed by atoms with van der Waals surface area (Å²) in [4.78, 5) is 14.9. The summed E-state index contributed by atoms with van der Waals surface area (Å²) in [6, 6.07) is 13.0. The van der Waals surface area contributed by atoms with Crippen LogP contribution in [0.2, 0.25) is 10.0 Å². The van der Waals surface area contributed by atoms with Crippen LogP contribution in [0.25, 0.3) is 6.08 Å². The number of ether oxygens (including phenoxy) is 1. The topological polar surface area (TPSA) is 29.5 Å². The molecule has 1 aliphatic rings. The average Bonchev–Trinajstić information content (AvgIpc) is 2.89. The van der Waals surface area contributed by atoms with Gasteiger partial charge >= 0.3 is 0 Å². The first-order chi connectivity index (χ1) is 12.5. The van der Waals surface area contributed by atoms with Gasteiger partial charge in [0.1, 0.15) is 10.1 Å². The summed E-state index contributed by atoms with van der Waals surface area (Å²) < 4.78 is 5.71. The lowest BCUT2D eigenvalue weighted by atomic mass is 10.1. The number of carbonyl (C=O) groups is 1. The van der Waals surface area contributed by atoms with Crippen LogP contribution in [0, 0.1) is 0 Å². The van der Waals surface area contributed by atoms with Crippen LogP contribution in [0.3, 0.4) is 0 Å². The van der Waals surface area contributed by atoms with E-state index in [9.17, 15) is 4.79 Å². The zero-order valence-corrected chi connectivity index (χ0v) is 17.0. The fourth-order valence-corrected chi connectivity index (χ4v) is 4.25. The Labute approximate surface area is 171 Å².